The molecule has 1 aromatic rings. The Hall–Kier alpha value is -0.820. The van der Waals surface area contributed by atoms with Gasteiger partial charge in [-0.25, -0.2) is 0 Å². The number of nitrogens with one attached hydrogen (secondary N) is 1. The summed E-state index contributed by atoms with van der Waals surface area (Å²) in [6, 6.07) is 7.56. The second-order valence-electron chi connectivity index (χ2n) is 4.72. The Morgan fingerprint density at radius 2 is 2.29 bits per heavy atom. The summed E-state index contributed by atoms with van der Waals surface area (Å²) in [4.78, 5) is 0. The van der Waals surface area contributed by atoms with E-state index in [0.29, 0.717) is 0 Å². The molecule has 0 amide bonds. The molecule has 1 saturated heterocycles. The van der Waals surface area contributed by atoms with Gasteiger partial charge in [0.1, 0.15) is 0 Å². The molecule has 2 atom stereocenters. The van der Waals surface area contributed by atoms with Crippen LogP contribution < -0.4 is 5.32 Å². The fourth-order valence-electron chi connectivity index (χ4n) is 3.08. The van der Waals surface area contributed by atoms with Gasteiger partial charge in [-0.15, -0.1) is 0 Å². The molecule has 1 heterocycles. The third kappa shape index (κ3) is 1.19. The van der Waals surface area contributed by atoms with Crippen molar-refractivity contribution in [1.29, 1.82) is 0 Å². The maximum absolute atomic E-state index is 3.62. The molecule has 1 aromatic carbocycles. The highest BCUT2D eigenvalue weighted by molar-refractivity contribution is 5.40. The zero-order valence-electron chi connectivity index (χ0n) is 8.72. The number of benzene rings is 1. The summed E-state index contributed by atoms with van der Waals surface area (Å²) < 4.78 is 0. The number of aryl methyl sites for hydroxylation is 1. The Morgan fingerprint density at radius 3 is 3.21 bits per heavy atom. The van der Waals surface area contributed by atoms with Gasteiger partial charge in [-0.05, 0) is 55.3 Å². The van der Waals surface area contributed by atoms with E-state index in [2.05, 4.69) is 30.4 Å². The average Bonchev–Trinajstić information content (AvgIpc) is 2.20. The monoisotopic (exact) mass is 187 g/mol. The van der Waals surface area contributed by atoms with Gasteiger partial charge in [0.2, 0.25) is 0 Å². The molecular weight excluding hydrogens is 170 g/mol. The first kappa shape index (κ1) is 8.49. The third-order valence-electron chi connectivity index (χ3n) is 3.83. The van der Waals surface area contributed by atoms with E-state index in [1.807, 2.05) is 0 Å². The van der Waals surface area contributed by atoms with Gasteiger partial charge in [-0.1, -0.05) is 18.2 Å². The Balaban J connectivity index is 2.10. The van der Waals surface area contributed by atoms with Crippen LogP contribution >= 0.6 is 0 Å². The molecule has 1 aliphatic carbocycles. The number of fused-ring (bicyclic) bond motifs is 4. The molecule has 0 aromatic heterocycles. The molecule has 2 bridgehead atoms. The number of hydrogen-bond acceptors (Lipinski definition) is 1. The summed E-state index contributed by atoms with van der Waals surface area (Å²) in [5.41, 5.74) is 4.75. The van der Waals surface area contributed by atoms with Crippen LogP contribution in [-0.4, -0.2) is 12.6 Å². The van der Waals surface area contributed by atoms with Crippen LogP contribution in [0.2, 0.25) is 0 Å². The SMILES string of the molecule is Cc1cccc2c1CC1CC2CCN1. The fourth-order valence-corrected chi connectivity index (χ4v) is 3.08. The van der Waals surface area contributed by atoms with Crippen molar-refractivity contribution >= 4 is 0 Å². The second-order valence-corrected chi connectivity index (χ2v) is 4.72. The topological polar surface area (TPSA) is 12.0 Å². The smallest absolute Gasteiger partial charge is 0.0113 e. The van der Waals surface area contributed by atoms with Crippen molar-refractivity contribution in [2.24, 2.45) is 0 Å². The van der Waals surface area contributed by atoms with Crippen LogP contribution in [0, 0.1) is 6.92 Å². The molecule has 3 rings (SSSR count). The molecule has 2 unspecified atom stereocenters. The van der Waals surface area contributed by atoms with Crippen LogP contribution in [0.3, 0.4) is 0 Å². The van der Waals surface area contributed by atoms with Crippen molar-refractivity contribution in [1.82, 2.24) is 5.32 Å². The minimum absolute atomic E-state index is 0.752. The quantitative estimate of drug-likeness (QED) is 0.657. The van der Waals surface area contributed by atoms with Crippen molar-refractivity contribution in [2.75, 3.05) is 6.54 Å². The zero-order valence-corrected chi connectivity index (χ0v) is 8.72. The molecule has 0 saturated carbocycles. The second kappa shape index (κ2) is 3.09. The van der Waals surface area contributed by atoms with Crippen LogP contribution in [0.25, 0.3) is 0 Å². The zero-order chi connectivity index (χ0) is 9.54. The lowest BCUT2D eigenvalue weighted by atomic mass is 9.75. The Labute approximate surface area is 85.5 Å². The molecular formula is C13H17N. The van der Waals surface area contributed by atoms with Crippen molar-refractivity contribution in [3.05, 3.63) is 34.9 Å². The Kier molecular flexibility index (Phi) is 1.88. The van der Waals surface area contributed by atoms with Crippen molar-refractivity contribution in [3.8, 4) is 0 Å². The van der Waals surface area contributed by atoms with Crippen molar-refractivity contribution in [3.63, 3.8) is 0 Å². The van der Waals surface area contributed by atoms with Crippen LogP contribution in [0.5, 0.6) is 0 Å². The first-order valence-electron chi connectivity index (χ1n) is 5.66. The van der Waals surface area contributed by atoms with Crippen LogP contribution in [0.4, 0.5) is 0 Å². The first-order chi connectivity index (χ1) is 6.84. The number of hydrogen-bond donors (Lipinski definition) is 1. The predicted octanol–water partition coefficient (Wildman–Crippen LogP) is 2.39. The first-order valence-corrected chi connectivity index (χ1v) is 5.66. The van der Waals surface area contributed by atoms with Gasteiger partial charge >= 0.3 is 0 Å². The molecule has 0 radical (unpaired) electrons. The Morgan fingerprint density at radius 1 is 1.36 bits per heavy atom. The molecule has 1 heteroatoms. The van der Waals surface area contributed by atoms with Gasteiger partial charge < -0.3 is 5.32 Å². The lowest BCUT2D eigenvalue weighted by molar-refractivity contribution is 0.338. The molecule has 1 aliphatic heterocycles. The highest BCUT2D eigenvalue weighted by Crippen LogP contribution is 2.37. The lowest BCUT2D eigenvalue weighted by Gasteiger charge is -2.37. The average molecular weight is 187 g/mol. The highest BCUT2D eigenvalue weighted by Gasteiger charge is 2.30. The fraction of sp³-hybridized carbons (Fsp3) is 0.538. The third-order valence-corrected chi connectivity index (χ3v) is 3.83. The van der Waals surface area contributed by atoms with Gasteiger partial charge in [0.25, 0.3) is 0 Å². The van der Waals surface area contributed by atoms with E-state index in [1.54, 1.807) is 11.1 Å². The molecule has 14 heavy (non-hydrogen) atoms. The van der Waals surface area contributed by atoms with Crippen molar-refractivity contribution in [2.45, 2.75) is 38.1 Å². The van der Waals surface area contributed by atoms with Gasteiger partial charge in [0, 0.05) is 6.04 Å². The standard InChI is InChI=1S/C13H17N/c1-9-3-2-4-12-10-5-6-14-11(7-10)8-13(9)12/h2-4,10-11,14H,5-8H2,1H3. The summed E-state index contributed by atoms with van der Waals surface area (Å²) in [6.45, 7) is 3.46. The van der Waals surface area contributed by atoms with Gasteiger partial charge in [0.05, 0.1) is 0 Å². The Bertz CT molecular complexity index is 356. The van der Waals surface area contributed by atoms with Crippen LogP contribution in [0.1, 0.15) is 35.4 Å². The summed E-state index contributed by atoms with van der Waals surface area (Å²) in [5.74, 6) is 0.838. The van der Waals surface area contributed by atoms with Gasteiger partial charge in [0.15, 0.2) is 0 Å². The summed E-state index contributed by atoms with van der Waals surface area (Å²) >= 11 is 0. The minimum atomic E-state index is 0.752. The van der Waals surface area contributed by atoms with Crippen molar-refractivity contribution < 1.29 is 0 Å². The predicted molar refractivity (Wildman–Crippen MR) is 58.6 cm³/mol. The molecule has 0 spiro atoms. The summed E-state index contributed by atoms with van der Waals surface area (Å²) in [5, 5.41) is 3.62. The van der Waals surface area contributed by atoms with E-state index in [0.717, 1.165) is 12.0 Å². The lowest BCUT2D eigenvalue weighted by Crippen LogP contribution is -2.42. The molecule has 1 fully saturated rings. The molecule has 74 valence electrons. The highest BCUT2D eigenvalue weighted by atomic mass is 14.9. The van der Waals surface area contributed by atoms with E-state index < -0.39 is 0 Å². The van der Waals surface area contributed by atoms with E-state index in [4.69, 9.17) is 0 Å². The molecule has 2 aliphatic rings. The molecule has 1 nitrogen and oxygen atoms in total. The normalized spacial score (nSPS) is 29.8. The van der Waals surface area contributed by atoms with Crippen LogP contribution in [-0.2, 0) is 6.42 Å². The van der Waals surface area contributed by atoms with E-state index in [-0.39, 0.29) is 0 Å². The maximum atomic E-state index is 3.62. The number of rotatable bonds is 0. The van der Waals surface area contributed by atoms with Gasteiger partial charge in [-0.3, -0.25) is 0 Å². The van der Waals surface area contributed by atoms with E-state index in [1.165, 1.54) is 31.4 Å². The summed E-state index contributed by atoms with van der Waals surface area (Å²) in [6.07, 6.45) is 3.93. The van der Waals surface area contributed by atoms with E-state index >= 15 is 0 Å². The maximum Gasteiger partial charge on any atom is 0.0113 e. The summed E-state index contributed by atoms with van der Waals surface area (Å²) in [7, 11) is 0. The number of piperidine rings is 1. The van der Waals surface area contributed by atoms with E-state index in [9.17, 15) is 0 Å². The van der Waals surface area contributed by atoms with Gasteiger partial charge in [-0.2, -0.15) is 0 Å². The largest absolute Gasteiger partial charge is 0.314 e. The molecule has 1 N–H and O–H groups in total. The minimum Gasteiger partial charge on any atom is -0.314 e. The van der Waals surface area contributed by atoms with Crippen LogP contribution in [0.15, 0.2) is 18.2 Å².